The summed E-state index contributed by atoms with van der Waals surface area (Å²) in [5.74, 6) is -0.580. The average Bonchev–Trinajstić information content (AvgIpc) is 2.71. The largest absolute Gasteiger partial charge is 0.358 e. The second kappa shape index (κ2) is 5.26. The molecule has 0 N–H and O–H groups in total. The Kier molecular flexibility index (Phi) is 3.98. The lowest BCUT2D eigenvalue weighted by Gasteiger charge is -2.06. The number of nitrogens with zero attached hydrogens (tertiary/aromatic N) is 3. The van der Waals surface area contributed by atoms with Crippen molar-refractivity contribution >= 4 is 47.7 Å². The van der Waals surface area contributed by atoms with Crippen LogP contribution >= 0.6 is 31.9 Å². The number of rotatable bonds is 3. The molecule has 0 saturated heterocycles. The van der Waals surface area contributed by atoms with E-state index in [4.69, 9.17) is 0 Å². The van der Waals surface area contributed by atoms with Crippen molar-refractivity contribution in [1.82, 2.24) is 8.96 Å². The summed E-state index contributed by atoms with van der Waals surface area (Å²) in [6.07, 6.45) is 0.916. The van der Waals surface area contributed by atoms with Crippen molar-refractivity contribution in [2.75, 3.05) is 0 Å². The Morgan fingerprint density at radius 2 is 2.00 bits per heavy atom. The number of hydrogen-bond donors (Lipinski definition) is 0. The summed E-state index contributed by atoms with van der Waals surface area (Å²) in [4.78, 5) is 13.7. The number of aryl methyl sites for hydroxylation is 1. The van der Waals surface area contributed by atoms with E-state index in [0.717, 1.165) is 6.20 Å². The second-order valence-corrected chi connectivity index (χ2v) is 7.29. The maximum atomic E-state index is 12.5. The van der Waals surface area contributed by atoms with Gasteiger partial charge in [-0.25, -0.2) is 4.98 Å². The first kappa shape index (κ1) is 15.1. The van der Waals surface area contributed by atoms with Crippen LogP contribution < -0.4 is 0 Å². The van der Waals surface area contributed by atoms with Gasteiger partial charge in [0.1, 0.15) is 11.1 Å². The normalized spacial score (nSPS) is 11.6. The van der Waals surface area contributed by atoms with Crippen LogP contribution in [0.3, 0.4) is 0 Å². The van der Waals surface area contributed by atoms with E-state index in [1.54, 1.807) is 6.07 Å². The zero-order chi connectivity index (χ0) is 15.1. The summed E-state index contributed by atoms with van der Waals surface area (Å²) in [7, 11) is -4.10. The molecular formula is C10H7Br2N3O4S. The van der Waals surface area contributed by atoms with E-state index >= 15 is 0 Å². The third-order valence-electron chi connectivity index (χ3n) is 2.47. The number of halogens is 2. The molecule has 0 atom stereocenters. The quantitative estimate of drug-likeness (QED) is 0.557. The van der Waals surface area contributed by atoms with Crippen LogP contribution in [-0.2, 0) is 10.0 Å². The van der Waals surface area contributed by atoms with Crippen LogP contribution in [0.2, 0.25) is 0 Å². The van der Waals surface area contributed by atoms with E-state index in [2.05, 4.69) is 36.8 Å². The van der Waals surface area contributed by atoms with Crippen LogP contribution in [0.4, 0.5) is 5.82 Å². The molecule has 1 heterocycles. The zero-order valence-corrected chi connectivity index (χ0v) is 13.9. The first-order valence-electron chi connectivity index (χ1n) is 5.14. The Morgan fingerprint density at radius 1 is 1.35 bits per heavy atom. The van der Waals surface area contributed by atoms with E-state index in [0.29, 0.717) is 12.9 Å². The molecule has 106 valence electrons. The third kappa shape index (κ3) is 2.50. The van der Waals surface area contributed by atoms with E-state index in [1.165, 1.54) is 19.1 Å². The molecule has 0 bridgehead atoms. The fraction of sp³-hybridized carbons (Fsp3) is 0.100. The topological polar surface area (TPSA) is 95.1 Å². The zero-order valence-electron chi connectivity index (χ0n) is 9.95. The van der Waals surface area contributed by atoms with E-state index in [9.17, 15) is 18.5 Å². The van der Waals surface area contributed by atoms with Crippen molar-refractivity contribution < 1.29 is 13.3 Å². The van der Waals surface area contributed by atoms with Gasteiger partial charge >= 0.3 is 15.8 Å². The minimum absolute atomic E-state index is 0.0199. The standard InChI is InChI=1S/C10H7Br2N3O4S/c1-6-13-5-10(15(16)17)14(6)20(18,19)9-3-2-7(11)4-8(9)12/h2-5H,1H3. The Hall–Kier alpha value is -1.26. The monoisotopic (exact) mass is 423 g/mol. The number of imidazole rings is 1. The molecule has 0 saturated carbocycles. The molecule has 0 aliphatic rings. The van der Waals surface area contributed by atoms with Crippen molar-refractivity contribution in [2.45, 2.75) is 11.8 Å². The minimum Gasteiger partial charge on any atom is -0.358 e. The Bertz CT molecular complexity index is 801. The molecule has 7 nitrogen and oxygen atoms in total. The SMILES string of the molecule is Cc1ncc([N+](=O)[O-])n1S(=O)(=O)c1ccc(Br)cc1Br. The Labute approximate surface area is 131 Å². The molecule has 0 aliphatic carbocycles. The molecule has 1 aromatic carbocycles. The van der Waals surface area contributed by atoms with Gasteiger partial charge in [-0.15, -0.1) is 0 Å². The molecular weight excluding hydrogens is 418 g/mol. The lowest BCUT2D eigenvalue weighted by molar-refractivity contribution is -0.390. The van der Waals surface area contributed by atoms with Crippen LogP contribution in [0.15, 0.2) is 38.2 Å². The van der Waals surface area contributed by atoms with Crippen LogP contribution in [-0.4, -0.2) is 22.3 Å². The average molecular weight is 425 g/mol. The fourth-order valence-electron chi connectivity index (χ4n) is 1.62. The molecule has 10 heteroatoms. The molecule has 0 unspecified atom stereocenters. The van der Waals surface area contributed by atoms with Gasteiger partial charge in [0.25, 0.3) is 0 Å². The molecule has 2 rings (SSSR count). The number of aromatic nitrogens is 2. The summed E-state index contributed by atoms with van der Waals surface area (Å²) in [6, 6.07) is 4.44. The maximum absolute atomic E-state index is 12.5. The Balaban J connectivity index is 2.73. The highest BCUT2D eigenvalue weighted by Gasteiger charge is 2.32. The van der Waals surface area contributed by atoms with Crippen LogP contribution in [0.25, 0.3) is 0 Å². The summed E-state index contributed by atoms with van der Waals surface area (Å²) < 4.78 is 26.7. The molecule has 0 aliphatic heterocycles. The summed E-state index contributed by atoms with van der Waals surface area (Å²) in [5, 5.41) is 10.9. The van der Waals surface area contributed by atoms with E-state index < -0.39 is 20.8 Å². The summed E-state index contributed by atoms with van der Waals surface area (Å²) in [6.45, 7) is 1.39. The lowest BCUT2D eigenvalue weighted by atomic mass is 10.4. The van der Waals surface area contributed by atoms with Crippen molar-refractivity contribution in [1.29, 1.82) is 0 Å². The molecule has 20 heavy (non-hydrogen) atoms. The summed E-state index contributed by atoms with van der Waals surface area (Å²) >= 11 is 6.35. The molecule has 0 spiro atoms. The van der Waals surface area contributed by atoms with Gasteiger partial charge in [0.05, 0.1) is 0 Å². The van der Waals surface area contributed by atoms with E-state index in [1.807, 2.05) is 0 Å². The second-order valence-electron chi connectivity index (χ2n) is 3.76. The van der Waals surface area contributed by atoms with Gasteiger partial charge in [0.2, 0.25) is 5.82 Å². The van der Waals surface area contributed by atoms with Crippen LogP contribution in [0.1, 0.15) is 5.82 Å². The van der Waals surface area contributed by atoms with Crippen molar-refractivity contribution in [3.63, 3.8) is 0 Å². The predicted molar refractivity (Wildman–Crippen MR) is 78.0 cm³/mol. The van der Waals surface area contributed by atoms with Crippen molar-refractivity contribution in [3.8, 4) is 0 Å². The third-order valence-corrected chi connectivity index (χ3v) is 5.72. The van der Waals surface area contributed by atoms with Crippen LogP contribution in [0, 0.1) is 17.0 Å². The number of nitro groups is 1. The van der Waals surface area contributed by atoms with Gasteiger partial charge in [-0.05, 0) is 39.1 Å². The minimum atomic E-state index is -4.10. The lowest BCUT2D eigenvalue weighted by Crippen LogP contribution is -2.17. The first-order chi connectivity index (χ1) is 9.25. The summed E-state index contributed by atoms with van der Waals surface area (Å²) in [5.41, 5.74) is 0. The Morgan fingerprint density at radius 3 is 2.55 bits per heavy atom. The van der Waals surface area contributed by atoms with Gasteiger partial charge in [-0.2, -0.15) is 8.42 Å². The molecule has 2 aromatic rings. The van der Waals surface area contributed by atoms with Crippen molar-refractivity contribution in [3.05, 3.63) is 49.3 Å². The first-order valence-corrected chi connectivity index (χ1v) is 8.17. The van der Waals surface area contributed by atoms with Crippen LogP contribution in [0.5, 0.6) is 0 Å². The van der Waals surface area contributed by atoms with Crippen molar-refractivity contribution in [2.24, 2.45) is 0 Å². The predicted octanol–water partition coefficient (Wildman–Crippen LogP) is 2.86. The number of hydrogen-bond acceptors (Lipinski definition) is 5. The van der Waals surface area contributed by atoms with E-state index in [-0.39, 0.29) is 10.7 Å². The number of benzene rings is 1. The molecule has 0 radical (unpaired) electrons. The smallest absolute Gasteiger partial charge is 0.358 e. The van der Waals surface area contributed by atoms with Gasteiger partial charge in [0.15, 0.2) is 0 Å². The molecule has 0 amide bonds. The fourth-order valence-corrected chi connectivity index (χ4v) is 4.78. The highest BCUT2D eigenvalue weighted by Crippen LogP contribution is 2.30. The molecule has 0 fully saturated rings. The van der Waals surface area contributed by atoms with Gasteiger partial charge < -0.3 is 10.1 Å². The maximum Gasteiger partial charge on any atom is 0.358 e. The molecule has 1 aromatic heterocycles. The highest BCUT2D eigenvalue weighted by atomic mass is 79.9. The van der Waals surface area contributed by atoms with Gasteiger partial charge in [0, 0.05) is 15.9 Å². The van der Waals surface area contributed by atoms with Gasteiger partial charge in [-0.3, -0.25) is 0 Å². The highest BCUT2D eigenvalue weighted by molar-refractivity contribution is 9.11. The van der Waals surface area contributed by atoms with Gasteiger partial charge in [-0.1, -0.05) is 19.9 Å².